The average Bonchev–Trinajstić information content (AvgIpc) is 2.22. The molecular weight excluding hydrogens is 294 g/mol. The van der Waals surface area contributed by atoms with Crippen LogP contribution in [0.5, 0.6) is 0 Å². The van der Waals surface area contributed by atoms with E-state index in [1.165, 1.54) is 7.11 Å². The fraction of sp³-hybridized carbons (Fsp3) is 0.400. The van der Waals surface area contributed by atoms with Crippen LogP contribution in [0.25, 0.3) is 0 Å². The molecule has 0 saturated carbocycles. The van der Waals surface area contributed by atoms with Crippen LogP contribution >= 0.6 is 15.9 Å². The van der Waals surface area contributed by atoms with E-state index in [1.807, 2.05) is 0 Å². The van der Waals surface area contributed by atoms with Gasteiger partial charge < -0.3 is 10.5 Å². The maximum absolute atomic E-state index is 11.7. The van der Waals surface area contributed by atoms with Crippen molar-refractivity contribution in [3.05, 3.63) is 28.2 Å². The van der Waals surface area contributed by atoms with Gasteiger partial charge >= 0.3 is 0 Å². The lowest BCUT2D eigenvalue weighted by atomic mass is 10.2. The third-order valence-corrected chi connectivity index (χ3v) is 4.59. The van der Waals surface area contributed by atoms with Crippen molar-refractivity contribution in [3.8, 4) is 0 Å². The number of sulfone groups is 1. The van der Waals surface area contributed by atoms with Crippen molar-refractivity contribution < 1.29 is 13.2 Å². The highest BCUT2D eigenvalue weighted by Gasteiger charge is 2.14. The summed E-state index contributed by atoms with van der Waals surface area (Å²) in [5, 5.41) is 0. The molecule has 0 saturated heterocycles. The van der Waals surface area contributed by atoms with Crippen LogP contribution in [-0.4, -0.2) is 27.9 Å². The molecule has 16 heavy (non-hydrogen) atoms. The third-order valence-electron chi connectivity index (χ3n) is 2.08. The van der Waals surface area contributed by atoms with Crippen molar-refractivity contribution in [1.82, 2.24) is 0 Å². The summed E-state index contributed by atoms with van der Waals surface area (Å²) in [7, 11) is -1.67. The number of nitrogen functional groups attached to an aromatic ring is 1. The standard InChI is InChI=1S/C10H14BrNO3S/c1-15-5-6-16(13,14)7-8-3-2-4-9(12)10(8)11/h2-4H,5-7,12H2,1H3. The van der Waals surface area contributed by atoms with E-state index >= 15 is 0 Å². The molecule has 2 N–H and O–H groups in total. The van der Waals surface area contributed by atoms with Gasteiger partial charge in [0, 0.05) is 17.3 Å². The first-order chi connectivity index (χ1) is 7.46. The van der Waals surface area contributed by atoms with E-state index in [9.17, 15) is 8.42 Å². The summed E-state index contributed by atoms with van der Waals surface area (Å²) in [6.07, 6.45) is 0. The highest BCUT2D eigenvalue weighted by atomic mass is 79.9. The molecule has 90 valence electrons. The molecule has 1 aromatic rings. The van der Waals surface area contributed by atoms with Gasteiger partial charge in [0.2, 0.25) is 0 Å². The van der Waals surface area contributed by atoms with Gasteiger partial charge in [0.15, 0.2) is 9.84 Å². The molecule has 0 unspecified atom stereocenters. The van der Waals surface area contributed by atoms with Crippen molar-refractivity contribution in [2.45, 2.75) is 5.75 Å². The van der Waals surface area contributed by atoms with Crippen LogP contribution in [0.2, 0.25) is 0 Å². The largest absolute Gasteiger partial charge is 0.398 e. The second-order valence-corrected chi connectivity index (χ2v) is 6.38. The molecule has 0 spiro atoms. The summed E-state index contributed by atoms with van der Waals surface area (Å²) >= 11 is 3.28. The van der Waals surface area contributed by atoms with Crippen molar-refractivity contribution in [2.24, 2.45) is 0 Å². The fourth-order valence-corrected chi connectivity index (χ4v) is 3.10. The van der Waals surface area contributed by atoms with Gasteiger partial charge in [-0.3, -0.25) is 0 Å². The predicted molar refractivity (Wildman–Crippen MR) is 67.9 cm³/mol. The average molecular weight is 308 g/mol. The number of methoxy groups -OCH3 is 1. The zero-order valence-corrected chi connectivity index (χ0v) is 11.3. The van der Waals surface area contributed by atoms with Gasteiger partial charge in [-0.25, -0.2) is 8.42 Å². The van der Waals surface area contributed by atoms with Crippen molar-refractivity contribution in [2.75, 3.05) is 25.2 Å². The highest BCUT2D eigenvalue weighted by Crippen LogP contribution is 2.25. The van der Waals surface area contributed by atoms with Crippen molar-refractivity contribution >= 4 is 31.5 Å². The molecular formula is C10H14BrNO3S. The number of hydrogen-bond acceptors (Lipinski definition) is 4. The van der Waals surface area contributed by atoms with Crippen LogP contribution in [-0.2, 0) is 20.3 Å². The van der Waals surface area contributed by atoms with Crippen LogP contribution in [0.4, 0.5) is 5.69 Å². The van der Waals surface area contributed by atoms with E-state index in [4.69, 9.17) is 10.5 Å². The van der Waals surface area contributed by atoms with Crippen LogP contribution in [0.1, 0.15) is 5.56 Å². The Morgan fingerprint density at radius 1 is 1.44 bits per heavy atom. The Morgan fingerprint density at radius 3 is 2.75 bits per heavy atom. The van der Waals surface area contributed by atoms with Crippen molar-refractivity contribution in [1.29, 1.82) is 0 Å². The molecule has 1 aromatic carbocycles. The Labute approximate surface area is 104 Å². The van der Waals surface area contributed by atoms with E-state index in [2.05, 4.69) is 15.9 Å². The van der Waals surface area contributed by atoms with E-state index in [-0.39, 0.29) is 18.1 Å². The summed E-state index contributed by atoms with van der Waals surface area (Å²) < 4.78 is 28.8. The molecule has 0 bridgehead atoms. The number of hydrogen-bond donors (Lipinski definition) is 1. The van der Waals surface area contributed by atoms with Gasteiger partial charge in [-0.15, -0.1) is 0 Å². The lowest BCUT2D eigenvalue weighted by Crippen LogP contribution is -2.14. The van der Waals surface area contributed by atoms with Crippen LogP contribution in [0, 0.1) is 0 Å². The summed E-state index contributed by atoms with van der Waals surface area (Å²) in [6, 6.07) is 5.20. The normalized spacial score (nSPS) is 11.6. The van der Waals surface area contributed by atoms with Crippen LogP contribution in [0.15, 0.2) is 22.7 Å². The Morgan fingerprint density at radius 2 is 2.12 bits per heavy atom. The number of benzene rings is 1. The topological polar surface area (TPSA) is 69.4 Å². The first-order valence-electron chi connectivity index (χ1n) is 4.68. The van der Waals surface area contributed by atoms with Crippen LogP contribution < -0.4 is 5.73 Å². The molecule has 0 amide bonds. The fourth-order valence-electron chi connectivity index (χ4n) is 1.23. The van der Waals surface area contributed by atoms with Gasteiger partial charge in [0.1, 0.15) is 0 Å². The molecule has 0 radical (unpaired) electrons. The van der Waals surface area contributed by atoms with Crippen molar-refractivity contribution in [3.63, 3.8) is 0 Å². The molecule has 0 aliphatic heterocycles. The van der Waals surface area contributed by atoms with Gasteiger partial charge in [-0.05, 0) is 27.6 Å². The molecule has 0 aromatic heterocycles. The first kappa shape index (κ1) is 13.5. The Kier molecular flexibility index (Phi) is 4.76. The molecule has 0 aliphatic carbocycles. The summed E-state index contributed by atoms with van der Waals surface area (Å²) in [6.45, 7) is 0.211. The second-order valence-electron chi connectivity index (χ2n) is 3.41. The molecule has 0 aliphatic rings. The first-order valence-corrected chi connectivity index (χ1v) is 7.30. The molecule has 4 nitrogen and oxygen atoms in total. The zero-order valence-electron chi connectivity index (χ0n) is 8.94. The molecule has 6 heteroatoms. The van der Waals surface area contributed by atoms with Gasteiger partial charge in [-0.2, -0.15) is 0 Å². The summed E-state index contributed by atoms with van der Waals surface area (Å²) in [5.41, 5.74) is 6.89. The zero-order chi connectivity index (χ0) is 12.2. The highest BCUT2D eigenvalue weighted by molar-refractivity contribution is 9.10. The summed E-state index contributed by atoms with van der Waals surface area (Å²) in [5.74, 6) is -0.00722. The lowest BCUT2D eigenvalue weighted by Gasteiger charge is -2.07. The van der Waals surface area contributed by atoms with Gasteiger partial charge in [-0.1, -0.05) is 12.1 Å². The number of ether oxygens (including phenoxy) is 1. The van der Waals surface area contributed by atoms with E-state index < -0.39 is 9.84 Å². The second kappa shape index (κ2) is 5.65. The molecule has 0 heterocycles. The number of anilines is 1. The number of nitrogens with two attached hydrogens (primary N) is 1. The third kappa shape index (κ3) is 3.77. The number of halogens is 1. The Hall–Kier alpha value is -0.590. The molecule has 0 fully saturated rings. The minimum Gasteiger partial charge on any atom is -0.398 e. The smallest absolute Gasteiger partial charge is 0.156 e. The maximum atomic E-state index is 11.7. The summed E-state index contributed by atoms with van der Waals surface area (Å²) in [4.78, 5) is 0. The molecule has 0 atom stereocenters. The Balaban J connectivity index is 2.84. The van der Waals surface area contributed by atoms with E-state index in [0.717, 1.165) is 0 Å². The van der Waals surface area contributed by atoms with Gasteiger partial charge in [0.25, 0.3) is 0 Å². The predicted octanol–water partition coefficient (Wildman–Crippen LogP) is 1.59. The van der Waals surface area contributed by atoms with Gasteiger partial charge in [0.05, 0.1) is 18.1 Å². The van der Waals surface area contributed by atoms with Crippen LogP contribution in [0.3, 0.4) is 0 Å². The number of rotatable bonds is 5. The minimum atomic E-state index is -3.15. The monoisotopic (exact) mass is 307 g/mol. The Bertz CT molecular complexity index is 459. The maximum Gasteiger partial charge on any atom is 0.156 e. The minimum absolute atomic E-state index is 0.0186. The van der Waals surface area contributed by atoms with E-state index in [0.29, 0.717) is 15.7 Å². The lowest BCUT2D eigenvalue weighted by molar-refractivity contribution is 0.217. The SMILES string of the molecule is COCCS(=O)(=O)Cc1cccc(N)c1Br. The molecule has 1 rings (SSSR count). The quantitative estimate of drug-likeness (QED) is 0.839. The van der Waals surface area contributed by atoms with E-state index in [1.54, 1.807) is 18.2 Å².